The molecule has 0 saturated carbocycles. The molecule has 1 unspecified atom stereocenters. The summed E-state index contributed by atoms with van der Waals surface area (Å²) in [4.78, 5) is 29.9. The van der Waals surface area contributed by atoms with Crippen molar-refractivity contribution in [2.45, 2.75) is 19.5 Å². The Morgan fingerprint density at radius 1 is 1.12 bits per heavy atom. The van der Waals surface area contributed by atoms with Crippen molar-refractivity contribution in [3.8, 4) is 0 Å². The lowest BCUT2D eigenvalue weighted by molar-refractivity contribution is -0.134. The molecule has 0 aromatic heterocycles. The lowest BCUT2D eigenvalue weighted by Crippen LogP contribution is -2.51. The van der Waals surface area contributed by atoms with Crippen molar-refractivity contribution in [3.63, 3.8) is 0 Å². The summed E-state index contributed by atoms with van der Waals surface area (Å²) in [5, 5.41) is 3.52. The van der Waals surface area contributed by atoms with E-state index in [0.717, 1.165) is 37.7 Å². The second-order valence-electron chi connectivity index (χ2n) is 6.70. The minimum Gasteiger partial charge on any atom is -0.347 e. The zero-order chi connectivity index (χ0) is 18.4. The number of rotatable bonds is 6. The number of hydrogen-bond donors (Lipinski definition) is 1. The molecule has 2 amide bonds. The van der Waals surface area contributed by atoms with Crippen molar-refractivity contribution in [3.05, 3.63) is 34.9 Å². The van der Waals surface area contributed by atoms with Gasteiger partial charge in [0.2, 0.25) is 11.8 Å². The minimum atomic E-state index is -0.492. The van der Waals surface area contributed by atoms with Gasteiger partial charge in [-0.3, -0.25) is 19.4 Å². The molecule has 1 atom stereocenters. The molecule has 1 heterocycles. The van der Waals surface area contributed by atoms with Crippen LogP contribution in [0.4, 0.5) is 0 Å². The van der Waals surface area contributed by atoms with E-state index in [1.165, 1.54) is 10.5 Å². The fraction of sp³-hybridized carbons (Fsp3) is 0.556. The molecule has 1 aromatic rings. The number of hydrogen-bond acceptors (Lipinski definition) is 4. The first kappa shape index (κ1) is 19.7. The Bertz CT molecular complexity index is 583. The second kappa shape index (κ2) is 9.17. The fourth-order valence-corrected chi connectivity index (χ4v) is 3.02. The molecule has 0 bridgehead atoms. The molecule has 7 heteroatoms. The van der Waals surface area contributed by atoms with Gasteiger partial charge in [0, 0.05) is 51.8 Å². The number of piperazine rings is 1. The Labute approximate surface area is 154 Å². The van der Waals surface area contributed by atoms with Gasteiger partial charge in [-0.1, -0.05) is 23.7 Å². The molecule has 6 nitrogen and oxygen atoms in total. The smallest absolute Gasteiger partial charge is 0.244 e. The van der Waals surface area contributed by atoms with Gasteiger partial charge in [-0.05, 0) is 24.6 Å². The number of nitrogens with zero attached hydrogens (tertiary/aromatic N) is 3. The number of carbonyl (C=O) groups is 2. The summed E-state index contributed by atoms with van der Waals surface area (Å²) >= 11 is 5.91. The maximum Gasteiger partial charge on any atom is 0.244 e. The molecule has 0 spiro atoms. The highest BCUT2D eigenvalue weighted by Gasteiger charge is 2.21. The van der Waals surface area contributed by atoms with Crippen LogP contribution in [-0.2, 0) is 16.1 Å². The number of benzene rings is 1. The maximum atomic E-state index is 12.1. The van der Waals surface area contributed by atoms with Crippen LogP contribution in [0.2, 0.25) is 5.02 Å². The van der Waals surface area contributed by atoms with Gasteiger partial charge in [0.05, 0.1) is 6.54 Å². The molecule has 1 aliphatic heterocycles. The average Bonchev–Trinajstić information content (AvgIpc) is 2.57. The van der Waals surface area contributed by atoms with Gasteiger partial charge in [-0.2, -0.15) is 0 Å². The van der Waals surface area contributed by atoms with E-state index in [4.69, 9.17) is 11.6 Å². The molecule has 25 heavy (non-hydrogen) atoms. The quantitative estimate of drug-likeness (QED) is 0.817. The predicted molar refractivity (Wildman–Crippen MR) is 99.5 cm³/mol. The molecule has 1 N–H and O–H groups in total. The average molecular weight is 367 g/mol. The summed E-state index contributed by atoms with van der Waals surface area (Å²) in [6, 6.07) is 7.42. The van der Waals surface area contributed by atoms with Crippen LogP contribution in [0.1, 0.15) is 12.5 Å². The Morgan fingerprint density at radius 3 is 2.24 bits per heavy atom. The molecular weight excluding hydrogens is 340 g/mol. The van der Waals surface area contributed by atoms with E-state index in [1.807, 2.05) is 24.3 Å². The topological polar surface area (TPSA) is 55.9 Å². The summed E-state index contributed by atoms with van der Waals surface area (Å²) in [6.45, 7) is 6.47. The number of amides is 2. The van der Waals surface area contributed by atoms with Crippen LogP contribution >= 0.6 is 11.6 Å². The summed E-state index contributed by atoms with van der Waals surface area (Å²) in [7, 11) is 3.37. The maximum absolute atomic E-state index is 12.1. The SMILES string of the molecule is CC(NC(=O)CN1CCN(Cc2ccc(Cl)cc2)CC1)C(=O)N(C)C. The van der Waals surface area contributed by atoms with Crippen LogP contribution in [-0.4, -0.2) is 79.4 Å². The molecule has 138 valence electrons. The number of halogens is 1. The molecule has 0 aliphatic carbocycles. The summed E-state index contributed by atoms with van der Waals surface area (Å²) in [6.07, 6.45) is 0. The van der Waals surface area contributed by atoms with E-state index in [2.05, 4.69) is 15.1 Å². The lowest BCUT2D eigenvalue weighted by Gasteiger charge is -2.34. The first-order chi connectivity index (χ1) is 11.8. The van der Waals surface area contributed by atoms with E-state index in [-0.39, 0.29) is 11.8 Å². The number of likely N-dealkylation sites (N-methyl/N-ethyl adjacent to an activating group) is 1. The van der Waals surface area contributed by atoms with Crippen LogP contribution < -0.4 is 5.32 Å². The zero-order valence-electron chi connectivity index (χ0n) is 15.2. The molecule has 1 aliphatic rings. The predicted octanol–water partition coefficient (Wildman–Crippen LogP) is 1.05. The van der Waals surface area contributed by atoms with Gasteiger partial charge in [-0.15, -0.1) is 0 Å². The Kier molecular flexibility index (Phi) is 7.23. The Hall–Kier alpha value is -1.63. The van der Waals surface area contributed by atoms with E-state index in [1.54, 1.807) is 21.0 Å². The summed E-state index contributed by atoms with van der Waals surface area (Å²) in [5.41, 5.74) is 1.24. The van der Waals surface area contributed by atoms with E-state index >= 15 is 0 Å². The third-order valence-corrected chi connectivity index (χ3v) is 4.59. The normalized spacial score (nSPS) is 17.1. The van der Waals surface area contributed by atoms with Gasteiger partial charge >= 0.3 is 0 Å². The van der Waals surface area contributed by atoms with Crippen LogP contribution in [0.25, 0.3) is 0 Å². The van der Waals surface area contributed by atoms with Crippen molar-refractivity contribution >= 4 is 23.4 Å². The third-order valence-electron chi connectivity index (χ3n) is 4.34. The molecule has 1 saturated heterocycles. The number of nitrogens with one attached hydrogen (secondary N) is 1. The lowest BCUT2D eigenvalue weighted by atomic mass is 10.2. The minimum absolute atomic E-state index is 0.0962. The van der Waals surface area contributed by atoms with Crippen LogP contribution in [0.15, 0.2) is 24.3 Å². The van der Waals surface area contributed by atoms with Crippen molar-refractivity contribution in [2.24, 2.45) is 0 Å². The summed E-state index contributed by atoms with van der Waals surface area (Å²) in [5.74, 6) is -0.199. The Balaban J connectivity index is 1.72. The van der Waals surface area contributed by atoms with Crippen molar-refractivity contribution in [1.29, 1.82) is 0 Å². The third kappa shape index (κ3) is 6.30. The van der Waals surface area contributed by atoms with Crippen LogP contribution in [0.3, 0.4) is 0 Å². The number of carbonyl (C=O) groups excluding carboxylic acids is 2. The van der Waals surface area contributed by atoms with Crippen molar-refractivity contribution < 1.29 is 9.59 Å². The van der Waals surface area contributed by atoms with Crippen LogP contribution in [0.5, 0.6) is 0 Å². The van der Waals surface area contributed by atoms with E-state index < -0.39 is 6.04 Å². The molecule has 0 radical (unpaired) electrons. The monoisotopic (exact) mass is 366 g/mol. The molecule has 1 fully saturated rings. The highest BCUT2D eigenvalue weighted by Crippen LogP contribution is 2.12. The van der Waals surface area contributed by atoms with Gasteiger partial charge in [0.15, 0.2) is 0 Å². The largest absolute Gasteiger partial charge is 0.347 e. The van der Waals surface area contributed by atoms with Gasteiger partial charge < -0.3 is 10.2 Å². The molecule has 2 rings (SSSR count). The standard InChI is InChI=1S/C18H27ClN4O2/c1-14(18(25)21(2)3)20-17(24)13-23-10-8-22(9-11-23)12-15-4-6-16(19)7-5-15/h4-7,14H,8-13H2,1-3H3,(H,20,24). The van der Waals surface area contributed by atoms with Crippen LogP contribution in [0, 0.1) is 0 Å². The van der Waals surface area contributed by atoms with Gasteiger partial charge in [0.1, 0.15) is 6.04 Å². The van der Waals surface area contributed by atoms with E-state index in [9.17, 15) is 9.59 Å². The second-order valence-corrected chi connectivity index (χ2v) is 7.14. The highest BCUT2D eigenvalue weighted by atomic mass is 35.5. The zero-order valence-corrected chi connectivity index (χ0v) is 15.9. The van der Waals surface area contributed by atoms with Gasteiger partial charge in [0.25, 0.3) is 0 Å². The molecular formula is C18H27ClN4O2. The first-order valence-electron chi connectivity index (χ1n) is 8.55. The van der Waals surface area contributed by atoms with E-state index in [0.29, 0.717) is 6.54 Å². The van der Waals surface area contributed by atoms with Crippen molar-refractivity contribution in [1.82, 2.24) is 20.0 Å². The van der Waals surface area contributed by atoms with Gasteiger partial charge in [-0.25, -0.2) is 0 Å². The highest BCUT2D eigenvalue weighted by molar-refractivity contribution is 6.30. The first-order valence-corrected chi connectivity index (χ1v) is 8.92. The molecule has 1 aromatic carbocycles. The Morgan fingerprint density at radius 2 is 1.68 bits per heavy atom. The van der Waals surface area contributed by atoms with Crippen molar-refractivity contribution in [2.75, 3.05) is 46.8 Å². The fourth-order valence-electron chi connectivity index (χ4n) is 2.89. The summed E-state index contributed by atoms with van der Waals surface area (Å²) < 4.78 is 0.